The summed E-state index contributed by atoms with van der Waals surface area (Å²) in [5.74, 6) is 0. The van der Waals surface area contributed by atoms with E-state index >= 15 is 0 Å². The van der Waals surface area contributed by atoms with E-state index in [0.29, 0.717) is 17.9 Å². The molecule has 8 heteroatoms. The summed E-state index contributed by atoms with van der Waals surface area (Å²) in [6.45, 7) is 5.09. The fraction of sp³-hybridized carbons (Fsp3) is 0.462. The number of aromatic nitrogens is 3. The van der Waals surface area contributed by atoms with Gasteiger partial charge in [0, 0.05) is 38.2 Å². The third kappa shape index (κ3) is 3.27. The Morgan fingerprint density at radius 1 is 1.33 bits per heavy atom. The van der Waals surface area contributed by atoms with Gasteiger partial charge in [0.05, 0.1) is 11.4 Å². The van der Waals surface area contributed by atoms with Gasteiger partial charge in [-0.1, -0.05) is 0 Å². The van der Waals surface area contributed by atoms with Gasteiger partial charge in [-0.3, -0.25) is 9.40 Å². The van der Waals surface area contributed by atoms with Crippen molar-refractivity contribution in [1.29, 1.82) is 0 Å². The molecule has 7 nitrogen and oxygen atoms in total. The predicted octanol–water partition coefficient (Wildman–Crippen LogP) is 1.07. The molecule has 0 saturated heterocycles. The minimum absolute atomic E-state index is 0.262. The van der Waals surface area contributed by atoms with Gasteiger partial charge in [0.1, 0.15) is 4.90 Å². The van der Waals surface area contributed by atoms with Gasteiger partial charge in [0.2, 0.25) is 0 Å². The third-order valence-corrected chi connectivity index (χ3v) is 4.56. The second-order valence-corrected chi connectivity index (χ2v) is 6.57. The molecule has 2 rings (SSSR count). The zero-order valence-electron chi connectivity index (χ0n) is 12.7. The van der Waals surface area contributed by atoms with Crippen molar-refractivity contribution in [3.05, 3.63) is 29.8 Å². The van der Waals surface area contributed by atoms with Crippen LogP contribution in [0.5, 0.6) is 0 Å². The minimum Gasteiger partial charge on any atom is -0.349 e. The molecule has 2 aromatic rings. The van der Waals surface area contributed by atoms with Gasteiger partial charge in [-0.05, 0) is 27.0 Å². The van der Waals surface area contributed by atoms with Crippen molar-refractivity contribution in [3.8, 4) is 0 Å². The predicted molar refractivity (Wildman–Crippen MR) is 81.6 cm³/mol. The van der Waals surface area contributed by atoms with Crippen molar-refractivity contribution >= 4 is 15.7 Å². The Bertz CT molecular complexity index is 730. The van der Waals surface area contributed by atoms with Gasteiger partial charge in [-0.2, -0.15) is 5.10 Å². The average molecular weight is 311 g/mol. The molecule has 2 aromatic heterocycles. The fourth-order valence-electron chi connectivity index (χ4n) is 2.20. The first kappa shape index (κ1) is 15.6. The summed E-state index contributed by atoms with van der Waals surface area (Å²) in [5.41, 5.74) is 2.08. The second kappa shape index (κ2) is 5.90. The number of nitrogens with one attached hydrogen (secondary N) is 2. The van der Waals surface area contributed by atoms with Crippen LogP contribution in [0.1, 0.15) is 18.3 Å². The highest BCUT2D eigenvalue weighted by molar-refractivity contribution is 7.92. The summed E-state index contributed by atoms with van der Waals surface area (Å²) < 4.78 is 31.0. The van der Waals surface area contributed by atoms with Crippen LogP contribution < -0.4 is 10.0 Å². The molecule has 0 atom stereocenters. The molecule has 0 spiro atoms. The van der Waals surface area contributed by atoms with Gasteiger partial charge < -0.3 is 9.88 Å². The molecule has 0 fully saturated rings. The zero-order valence-corrected chi connectivity index (χ0v) is 13.5. The molecule has 116 valence electrons. The van der Waals surface area contributed by atoms with Crippen molar-refractivity contribution in [2.45, 2.75) is 31.8 Å². The van der Waals surface area contributed by atoms with Crippen LogP contribution in [0.3, 0.4) is 0 Å². The monoisotopic (exact) mass is 311 g/mol. The van der Waals surface area contributed by atoms with Crippen LogP contribution in [-0.4, -0.2) is 29.8 Å². The second-order valence-electron chi connectivity index (χ2n) is 4.89. The van der Waals surface area contributed by atoms with Crippen LogP contribution in [0, 0.1) is 6.92 Å². The Kier molecular flexibility index (Phi) is 4.38. The molecule has 0 bridgehead atoms. The maximum atomic E-state index is 12.5. The number of hydrogen-bond donors (Lipinski definition) is 2. The molecule has 0 radical (unpaired) electrons. The maximum absolute atomic E-state index is 12.5. The first-order valence-corrected chi connectivity index (χ1v) is 8.22. The van der Waals surface area contributed by atoms with E-state index in [1.807, 2.05) is 18.5 Å². The molecule has 0 aromatic carbocycles. The van der Waals surface area contributed by atoms with E-state index < -0.39 is 10.0 Å². The molecule has 0 saturated carbocycles. The topological polar surface area (TPSA) is 81.0 Å². The Labute approximate surface area is 125 Å². The number of anilines is 1. The van der Waals surface area contributed by atoms with Crippen LogP contribution in [0.15, 0.2) is 23.4 Å². The summed E-state index contributed by atoms with van der Waals surface area (Å²) in [6.07, 6.45) is 3.30. The van der Waals surface area contributed by atoms with Crippen LogP contribution in [-0.2, 0) is 30.2 Å². The number of rotatable bonds is 6. The number of aryl methyl sites for hydroxylation is 3. The lowest BCUT2D eigenvalue weighted by Crippen LogP contribution is -2.12. The van der Waals surface area contributed by atoms with E-state index in [4.69, 9.17) is 0 Å². The summed E-state index contributed by atoms with van der Waals surface area (Å²) in [6, 6.07) is 1.69. The molecular formula is C13H21N5O2S. The molecular weight excluding hydrogens is 290 g/mol. The smallest absolute Gasteiger partial charge is 0.263 e. The molecule has 2 heterocycles. The minimum atomic E-state index is -3.60. The van der Waals surface area contributed by atoms with E-state index in [1.165, 1.54) is 0 Å². The largest absolute Gasteiger partial charge is 0.349 e. The highest BCUT2D eigenvalue weighted by Gasteiger charge is 2.19. The molecule has 0 amide bonds. The summed E-state index contributed by atoms with van der Waals surface area (Å²) >= 11 is 0. The van der Waals surface area contributed by atoms with Crippen molar-refractivity contribution < 1.29 is 8.42 Å². The van der Waals surface area contributed by atoms with E-state index in [1.54, 1.807) is 37.1 Å². The van der Waals surface area contributed by atoms with E-state index in [2.05, 4.69) is 15.1 Å². The van der Waals surface area contributed by atoms with Crippen molar-refractivity contribution in [2.75, 3.05) is 11.8 Å². The van der Waals surface area contributed by atoms with Crippen LogP contribution in [0.4, 0.5) is 5.69 Å². The van der Waals surface area contributed by atoms with E-state index in [0.717, 1.165) is 12.2 Å². The van der Waals surface area contributed by atoms with Gasteiger partial charge in [0.25, 0.3) is 10.0 Å². The normalized spacial score (nSPS) is 11.8. The standard InChI is InChI=1S/C13H21N5O2S/c1-5-18-8-12(6-11(18)7-14-3)21(19,20)16-13-9-17(4)15-10(13)2/h6,8-9,14,16H,5,7H2,1-4H3. The lowest BCUT2D eigenvalue weighted by molar-refractivity contribution is 0.600. The average Bonchev–Trinajstić information content (AvgIpc) is 2.94. The van der Waals surface area contributed by atoms with Gasteiger partial charge in [-0.15, -0.1) is 0 Å². The third-order valence-electron chi connectivity index (χ3n) is 3.23. The maximum Gasteiger partial charge on any atom is 0.263 e. The highest BCUT2D eigenvalue weighted by Crippen LogP contribution is 2.20. The lowest BCUT2D eigenvalue weighted by atomic mass is 10.4. The lowest BCUT2D eigenvalue weighted by Gasteiger charge is -2.04. The van der Waals surface area contributed by atoms with Gasteiger partial charge >= 0.3 is 0 Å². The van der Waals surface area contributed by atoms with Crippen LogP contribution in [0.2, 0.25) is 0 Å². The molecule has 2 N–H and O–H groups in total. The Hall–Kier alpha value is -1.80. The van der Waals surface area contributed by atoms with Crippen LogP contribution in [0.25, 0.3) is 0 Å². The quantitative estimate of drug-likeness (QED) is 0.836. The summed E-state index contributed by atoms with van der Waals surface area (Å²) in [7, 11) is -0.0194. The SMILES string of the molecule is CCn1cc(S(=O)(=O)Nc2cn(C)nc2C)cc1CNC. The number of nitrogens with zero attached hydrogens (tertiary/aromatic N) is 3. The van der Waals surface area contributed by atoms with Gasteiger partial charge in [-0.25, -0.2) is 8.42 Å². The number of sulfonamides is 1. The van der Waals surface area contributed by atoms with E-state index in [9.17, 15) is 8.42 Å². The summed E-state index contributed by atoms with van der Waals surface area (Å²) in [5, 5.41) is 7.17. The molecule has 0 aliphatic rings. The molecule has 21 heavy (non-hydrogen) atoms. The van der Waals surface area contributed by atoms with Gasteiger partial charge in [0.15, 0.2) is 0 Å². The van der Waals surface area contributed by atoms with E-state index in [-0.39, 0.29) is 4.90 Å². The first-order valence-electron chi connectivity index (χ1n) is 6.74. The van der Waals surface area contributed by atoms with Crippen molar-refractivity contribution in [3.63, 3.8) is 0 Å². The first-order chi connectivity index (χ1) is 9.87. The van der Waals surface area contributed by atoms with Crippen molar-refractivity contribution in [1.82, 2.24) is 19.7 Å². The Morgan fingerprint density at radius 2 is 2.05 bits per heavy atom. The Balaban J connectivity index is 2.33. The number of hydrogen-bond acceptors (Lipinski definition) is 4. The molecule has 0 aliphatic carbocycles. The summed E-state index contributed by atoms with van der Waals surface area (Å²) in [4.78, 5) is 0.262. The molecule has 0 unspecified atom stereocenters. The highest BCUT2D eigenvalue weighted by atomic mass is 32.2. The molecule has 0 aliphatic heterocycles. The van der Waals surface area contributed by atoms with Crippen LogP contribution >= 0.6 is 0 Å². The zero-order chi connectivity index (χ0) is 15.6. The Morgan fingerprint density at radius 3 is 2.57 bits per heavy atom. The van der Waals surface area contributed by atoms with Crippen molar-refractivity contribution in [2.24, 2.45) is 7.05 Å². The fourth-order valence-corrected chi connectivity index (χ4v) is 3.36.